The molecule has 20 aromatic rings. The Bertz CT molecular complexity index is 6520. The first kappa shape index (κ1) is 57.7. The molecule has 0 aliphatic heterocycles. The Kier molecular flexibility index (Phi) is 14.0. The molecule has 468 valence electrons. The highest BCUT2D eigenvalue weighted by atomic mass is 16.3. The largest absolute Gasteiger partial charge is 0.456 e. The monoisotopic (exact) mass is 1280 g/mol. The first-order valence-corrected chi connectivity index (χ1v) is 33.4. The molecule has 6 heterocycles. The lowest BCUT2D eigenvalue weighted by molar-refractivity contribution is 0.668. The van der Waals surface area contributed by atoms with Crippen molar-refractivity contribution in [1.29, 1.82) is 0 Å². The lowest BCUT2D eigenvalue weighted by Gasteiger charge is -2.12. The van der Waals surface area contributed by atoms with E-state index >= 15 is 0 Å². The van der Waals surface area contributed by atoms with E-state index in [2.05, 4.69) is 240 Å². The molecule has 0 radical (unpaired) electrons. The number of aromatic nitrogens is 8. The van der Waals surface area contributed by atoms with Crippen LogP contribution in [0.3, 0.4) is 0 Å². The highest BCUT2D eigenvalue weighted by Gasteiger charge is 2.21. The lowest BCUT2D eigenvalue weighted by atomic mass is 10.0. The third kappa shape index (κ3) is 10.3. The van der Waals surface area contributed by atoms with Crippen LogP contribution in [0, 0.1) is 0 Å². The number of fused-ring (bicyclic) bond motifs is 12. The standard InChI is InChI=1S/2C45H28N4O/c1-3-12-29(13-4-1)31-23-25-40-38(27-31)35-18-7-9-20-39(35)49(40)34-17-11-16-32(26-34)44-46-43(30-14-5-2-6-15-30)47-45(48-44)33-22-24-37-36-19-8-10-21-41(36)50-42(37)28-33;1-3-11-29(12-4-1)32-22-26-40-38(27-32)35-15-7-9-17-39(35)49(40)34-23-19-31(20-24-34)44-46-43(30-13-5-2-6-14-30)47-45(48-44)33-21-25-37-36-16-8-10-18-41(36)50-42(37)28-33/h2*1-28H. The van der Waals surface area contributed by atoms with Gasteiger partial charge in [0, 0.05) is 87.8 Å². The molecule has 20 rings (SSSR count). The molecule has 14 aromatic carbocycles. The Hall–Kier alpha value is -13.7. The first-order valence-electron chi connectivity index (χ1n) is 33.4. The summed E-state index contributed by atoms with van der Waals surface area (Å²) >= 11 is 0. The normalized spacial score (nSPS) is 11.6. The summed E-state index contributed by atoms with van der Waals surface area (Å²) in [5, 5.41) is 9.18. The van der Waals surface area contributed by atoms with Gasteiger partial charge in [-0.05, 0) is 131 Å². The minimum atomic E-state index is 0.590. The maximum Gasteiger partial charge on any atom is 0.164 e. The second-order valence-corrected chi connectivity index (χ2v) is 25.0. The number of hydrogen-bond acceptors (Lipinski definition) is 8. The van der Waals surface area contributed by atoms with Gasteiger partial charge in [-0.2, -0.15) is 0 Å². The van der Waals surface area contributed by atoms with Crippen LogP contribution >= 0.6 is 0 Å². The smallest absolute Gasteiger partial charge is 0.164 e. The van der Waals surface area contributed by atoms with Crippen molar-refractivity contribution in [3.8, 4) is 102 Å². The number of hydrogen-bond donors (Lipinski definition) is 0. The van der Waals surface area contributed by atoms with E-state index in [9.17, 15) is 0 Å². The molecular formula is C90H56N8O2. The van der Waals surface area contributed by atoms with E-state index in [4.69, 9.17) is 38.7 Å². The fraction of sp³-hybridized carbons (Fsp3) is 0. The predicted octanol–water partition coefficient (Wildman–Crippen LogP) is 23.1. The van der Waals surface area contributed by atoms with Crippen LogP contribution in [0.2, 0.25) is 0 Å². The van der Waals surface area contributed by atoms with Gasteiger partial charge >= 0.3 is 0 Å². The maximum absolute atomic E-state index is 6.23. The Morgan fingerprint density at radius 3 is 0.930 bits per heavy atom. The van der Waals surface area contributed by atoms with Crippen molar-refractivity contribution in [3.63, 3.8) is 0 Å². The van der Waals surface area contributed by atoms with E-state index in [0.717, 1.165) is 111 Å². The van der Waals surface area contributed by atoms with Gasteiger partial charge in [-0.25, -0.2) is 29.9 Å². The van der Waals surface area contributed by atoms with Crippen molar-refractivity contribution in [2.75, 3.05) is 0 Å². The number of para-hydroxylation sites is 4. The van der Waals surface area contributed by atoms with Crippen molar-refractivity contribution in [2.45, 2.75) is 0 Å². The summed E-state index contributed by atoms with van der Waals surface area (Å²) in [5.74, 6) is 3.64. The van der Waals surface area contributed by atoms with Gasteiger partial charge < -0.3 is 18.0 Å². The molecule has 100 heavy (non-hydrogen) atoms. The van der Waals surface area contributed by atoms with Gasteiger partial charge in [0.05, 0.1) is 22.1 Å². The third-order valence-corrected chi connectivity index (χ3v) is 18.9. The third-order valence-electron chi connectivity index (χ3n) is 18.9. The molecular weight excluding hydrogens is 1230 g/mol. The molecule has 0 aliphatic rings. The van der Waals surface area contributed by atoms with Crippen LogP contribution in [0.25, 0.3) is 189 Å². The second kappa shape index (κ2) is 24.2. The van der Waals surface area contributed by atoms with Gasteiger partial charge in [0.25, 0.3) is 0 Å². The molecule has 0 unspecified atom stereocenters. The van der Waals surface area contributed by atoms with E-state index < -0.39 is 0 Å². The van der Waals surface area contributed by atoms with Crippen molar-refractivity contribution in [2.24, 2.45) is 0 Å². The Balaban J connectivity index is 0.000000139. The molecule has 10 heteroatoms. The highest BCUT2D eigenvalue weighted by Crippen LogP contribution is 2.40. The van der Waals surface area contributed by atoms with Gasteiger partial charge in [-0.3, -0.25) is 0 Å². The van der Waals surface area contributed by atoms with Crippen LogP contribution in [-0.4, -0.2) is 39.0 Å². The molecule has 0 fully saturated rings. The quantitative estimate of drug-likeness (QED) is 0.133. The summed E-state index contributed by atoms with van der Waals surface area (Å²) < 4.78 is 17.1. The van der Waals surface area contributed by atoms with Crippen molar-refractivity contribution in [1.82, 2.24) is 39.0 Å². The number of benzene rings is 14. The summed E-state index contributed by atoms with van der Waals surface area (Å²) in [6, 6.07) is 117. The summed E-state index contributed by atoms with van der Waals surface area (Å²) in [6.45, 7) is 0. The summed E-state index contributed by atoms with van der Waals surface area (Å²) in [4.78, 5) is 30.0. The van der Waals surface area contributed by atoms with Crippen LogP contribution in [0.1, 0.15) is 0 Å². The molecule has 0 saturated carbocycles. The van der Waals surface area contributed by atoms with Gasteiger partial charge in [0.1, 0.15) is 22.3 Å². The predicted molar refractivity (Wildman–Crippen MR) is 406 cm³/mol. The Labute approximate surface area is 573 Å². The summed E-state index contributed by atoms with van der Waals surface area (Å²) in [7, 11) is 0. The van der Waals surface area contributed by atoms with Gasteiger partial charge in [-0.15, -0.1) is 0 Å². The average Bonchev–Trinajstić information content (AvgIpc) is 1.60. The molecule has 6 aromatic heterocycles. The number of nitrogens with zero attached hydrogens (tertiary/aromatic N) is 8. The first-order chi connectivity index (χ1) is 49.5. The highest BCUT2D eigenvalue weighted by molar-refractivity contribution is 6.12. The molecule has 0 aliphatic carbocycles. The minimum Gasteiger partial charge on any atom is -0.456 e. The number of rotatable bonds is 10. The van der Waals surface area contributed by atoms with Crippen molar-refractivity contribution in [3.05, 3.63) is 340 Å². The Morgan fingerprint density at radius 2 is 0.480 bits per heavy atom. The van der Waals surface area contributed by atoms with Crippen LogP contribution in [-0.2, 0) is 0 Å². The van der Waals surface area contributed by atoms with E-state index in [1.54, 1.807) is 0 Å². The molecule has 0 spiro atoms. The molecule has 0 N–H and O–H groups in total. The van der Waals surface area contributed by atoms with Crippen LogP contribution in [0.5, 0.6) is 0 Å². The van der Waals surface area contributed by atoms with E-state index in [1.165, 1.54) is 43.8 Å². The van der Waals surface area contributed by atoms with Crippen LogP contribution in [0.4, 0.5) is 0 Å². The molecule has 10 nitrogen and oxygen atoms in total. The number of furan rings is 2. The summed E-state index contributed by atoms with van der Waals surface area (Å²) in [6.07, 6.45) is 0. The van der Waals surface area contributed by atoms with Crippen LogP contribution < -0.4 is 0 Å². The molecule has 0 bridgehead atoms. The van der Waals surface area contributed by atoms with Gasteiger partial charge in [-0.1, -0.05) is 231 Å². The van der Waals surface area contributed by atoms with Gasteiger partial charge in [0.15, 0.2) is 34.9 Å². The zero-order valence-corrected chi connectivity index (χ0v) is 53.7. The zero-order valence-electron chi connectivity index (χ0n) is 53.7. The van der Waals surface area contributed by atoms with E-state index in [0.29, 0.717) is 34.9 Å². The molecule has 0 saturated heterocycles. The topological polar surface area (TPSA) is 113 Å². The minimum absolute atomic E-state index is 0.590. The fourth-order valence-electron chi connectivity index (χ4n) is 14.1. The average molecular weight is 1280 g/mol. The van der Waals surface area contributed by atoms with Crippen molar-refractivity contribution >= 4 is 87.5 Å². The second-order valence-electron chi connectivity index (χ2n) is 25.0. The van der Waals surface area contributed by atoms with Crippen LogP contribution in [0.15, 0.2) is 349 Å². The molecule has 0 atom stereocenters. The zero-order chi connectivity index (χ0) is 66.0. The maximum atomic E-state index is 6.23. The Morgan fingerprint density at radius 1 is 0.170 bits per heavy atom. The molecule has 0 amide bonds. The van der Waals surface area contributed by atoms with E-state index in [-0.39, 0.29) is 0 Å². The lowest BCUT2D eigenvalue weighted by Crippen LogP contribution is -2.01. The fourth-order valence-corrected chi connectivity index (χ4v) is 14.1. The van der Waals surface area contributed by atoms with Gasteiger partial charge in [0.2, 0.25) is 0 Å². The SMILES string of the molecule is c1ccc(-c2ccc3c(c2)c2ccccc2n3-c2ccc(-c3nc(-c4ccccc4)nc(-c4ccc5c(c4)oc4ccccc45)n3)cc2)cc1.c1ccc(-c2ccc3c(c2)c2ccccc2n3-c2cccc(-c3nc(-c4ccccc4)nc(-c4ccc5c(c4)oc4ccccc45)n3)c2)cc1. The summed E-state index contributed by atoms with van der Waals surface area (Å²) in [5.41, 5.74) is 20.3. The van der Waals surface area contributed by atoms with Crippen molar-refractivity contribution < 1.29 is 8.83 Å². The van der Waals surface area contributed by atoms with E-state index in [1.807, 2.05) is 109 Å².